The normalized spacial score (nSPS) is 10.6. The van der Waals surface area contributed by atoms with Crippen LogP contribution in [-0.4, -0.2) is 32.0 Å². The van der Waals surface area contributed by atoms with Gasteiger partial charge in [0.1, 0.15) is 11.4 Å². The van der Waals surface area contributed by atoms with Gasteiger partial charge in [0, 0.05) is 21.8 Å². The molecule has 0 radical (unpaired) electrons. The van der Waals surface area contributed by atoms with Crippen molar-refractivity contribution < 1.29 is 48.7 Å². The summed E-state index contributed by atoms with van der Waals surface area (Å²) in [5.41, 5.74) is 2.48. The molecule has 166 valence electrons. The average Bonchev–Trinajstić information content (AvgIpc) is 3.44. The minimum absolute atomic E-state index is 0. The van der Waals surface area contributed by atoms with Crippen LogP contribution in [0.25, 0.3) is 27.7 Å². The number of ether oxygens (including phenoxy) is 1. The van der Waals surface area contributed by atoms with E-state index in [0.29, 0.717) is 29.4 Å². The van der Waals surface area contributed by atoms with Crippen molar-refractivity contribution in [3.8, 4) is 28.6 Å². The van der Waals surface area contributed by atoms with E-state index in [-0.39, 0.29) is 47.2 Å². The topological polar surface area (TPSA) is 110 Å². The fourth-order valence-corrected chi connectivity index (χ4v) is 3.73. The van der Waals surface area contributed by atoms with Gasteiger partial charge in [-0.2, -0.15) is 10.1 Å². The van der Waals surface area contributed by atoms with Crippen LogP contribution in [-0.2, 0) is 6.54 Å². The summed E-state index contributed by atoms with van der Waals surface area (Å²) >= 11 is 3.53. The summed E-state index contributed by atoms with van der Waals surface area (Å²) in [5.74, 6) is -0.142. The minimum atomic E-state index is -1.32. The molecular weight excluding hydrogens is 513 g/mol. The Hall–Kier alpha value is -2.97. The molecule has 2 aromatic carbocycles. The number of benzene rings is 2. The fraction of sp³-hybridized carbons (Fsp3) is 0.174. The number of aromatic nitrogens is 4. The quantitative estimate of drug-likeness (QED) is 0.260. The Morgan fingerprint density at radius 3 is 2.71 bits per heavy atom. The molecule has 0 atom stereocenters. The van der Waals surface area contributed by atoms with Crippen LogP contribution in [0.5, 0.6) is 5.75 Å². The number of nitrogens with zero attached hydrogens (tertiary/aromatic N) is 5. The summed E-state index contributed by atoms with van der Waals surface area (Å²) in [7, 11) is 0. The van der Waals surface area contributed by atoms with Gasteiger partial charge in [-0.15, -0.1) is 0 Å². The van der Waals surface area contributed by atoms with Crippen molar-refractivity contribution in [1.82, 2.24) is 19.9 Å². The monoisotopic (exact) mass is 529 g/mol. The molecule has 0 bridgehead atoms. The van der Waals surface area contributed by atoms with E-state index in [0.717, 1.165) is 15.6 Å². The largest absolute Gasteiger partial charge is 1.00 e. The molecule has 0 saturated heterocycles. The third-order valence-corrected chi connectivity index (χ3v) is 5.24. The second-order valence-corrected chi connectivity index (χ2v) is 8.24. The van der Waals surface area contributed by atoms with Gasteiger partial charge in [0.15, 0.2) is 0 Å². The molecule has 9 nitrogen and oxygen atoms in total. The van der Waals surface area contributed by atoms with E-state index in [1.54, 1.807) is 24.4 Å². The third kappa shape index (κ3) is 5.74. The average molecular weight is 530 g/mol. The van der Waals surface area contributed by atoms with E-state index in [1.807, 2.05) is 32.0 Å². The predicted molar refractivity (Wildman–Crippen MR) is 121 cm³/mol. The maximum absolute atomic E-state index is 10.9. The molecule has 0 aliphatic carbocycles. The third-order valence-electron chi connectivity index (χ3n) is 4.58. The zero-order chi connectivity index (χ0) is 23.5. The van der Waals surface area contributed by atoms with Gasteiger partial charge >= 0.3 is 29.6 Å². The number of halogens is 1. The van der Waals surface area contributed by atoms with Gasteiger partial charge in [0.25, 0.3) is 5.89 Å². The number of carbonyl (C=O) groups excluding carboxylic acids is 1. The first kappa shape index (κ1) is 25.6. The van der Waals surface area contributed by atoms with E-state index in [2.05, 4.69) is 36.0 Å². The molecule has 0 N–H and O–H groups in total. The van der Waals surface area contributed by atoms with E-state index in [9.17, 15) is 9.90 Å². The van der Waals surface area contributed by atoms with Gasteiger partial charge in [0.2, 0.25) is 11.5 Å². The van der Waals surface area contributed by atoms with E-state index in [4.69, 9.17) is 15.8 Å². The zero-order valence-electron chi connectivity index (χ0n) is 18.7. The molecule has 0 fully saturated rings. The Labute approximate surface area is 226 Å². The first-order chi connectivity index (χ1) is 15.8. The first-order valence-electron chi connectivity index (χ1n) is 9.90. The van der Waals surface area contributed by atoms with Crippen LogP contribution in [0.2, 0.25) is 0 Å². The Kier molecular flexibility index (Phi) is 8.28. The number of hydrogen-bond donors (Lipinski definition) is 0. The second-order valence-electron chi connectivity index (χ2n) is 7.38. The summed E-state index contributed by atoms with van der Waals surface area (Å²) in [6.07, 6.45) is 1.53. The number of carbonyl (C=O) groups is 1. The molecule has 0 amide bonds. The number of carboxylic acid groups (broad SMARTS) is 1. The van der Waals surface area contributed by atoms with Crippen molar-refractivity contribution >= 4 is 27.6 Å². The Balaban J connectivity index is 0.00000324. The van der Waals surface area contributed by atoms with Crippen molar-refractivity contribution in [1.29, 1.82) is 0 Å². The molecule has 4 rings (SSSR count). The molecule has 2 heterocycles. The molecule has 11 heteroatoms. The Bertz CT molecular complexity index is 1380. The van der Waals surface area contributed by atoms with Crippen molar-refractivity contribution in [2.24, 2.45) is 0 Å². The number of hydrogen-bond acceptors (Lipinski definition) is 7. The van der Waals surface area contributed by atoms with Crippen molar-refractivity contribution in [2.45, 2.75) is 26.5 Å². The zero-order valence-corrected chi connectivity index (χ0v) is 22.2. The van der Waals surface area contributed by atoms with Crippen LogP contribution in [0.15, 0.2) is 57.7 Å². The Morgan fingerprint density at radius 1 is 1.26 bits per heavy atom. The summed E-state index contributed by atoms with van der Waals surface area (Å²) in [6.45, 7) is 11.6. The summed E-state index contributed by atoms with van der Waals surface area (Å²) < 4.78 is 13.3. The van der Waals surface area contributed by atoms with Gasteiger partial charge in [0.05, 0.1) is 25.2 Å². The van der Waals surface area contributed by atoms with Gasteiger partial charge < -0.3 is 19.2 Å². The second kappa shape index (κ2) is 11.0. The van der Waals surface area contributed by atoms with Crippen molar-refractivity contribution in [3.63, 3.8) is 0 Å². The van der Waals surface area contributed by atoms with E-state index in [1.165, 1.54) is 10.7 Å². The Morgan fingerprint density at radius 2 is 2.06 bits per heavy atom. The SMILES string of the molecule is [C-]#[N+]c1cc(-c2nc(-c3ccc(Cn4ccc(C(=O)[O-])n4)cc3Br)no2)ccc1OC(C)C.[Na+]. The molecule has 2 aromatic heterocycles. The van der Waals surface area contributed by atoms with Crippen LogP contribution in [0, 0.1) is 6.57 Å². The fourth-order valence-electron chi connectivity index (χ4n) is 3.13. The van der Waals surface area contributed by atoms with Crippen molar-refractivity contribution in [2.75, 3.05) is 0 Å². The summed E-state index contributed by atoms with van der Waals surface area (Å²) in [5, 5.41) is 18.9. The van der Waals surface area contributed by atoms with Gasteiger partial charge in [-0.25, -0.2) is 4.85 Å². The minimum Gasteiger partial charge on any atom is -0.543 e. The van der Waals surface area contributed by atoms with Crippen LogP contribution in [0.3, 0.4) is 0 Å². The standard InChI is InChI=1S/C23H18BrN5O4.Na/c1-13(2)32-20-7-5-15(11-19(20)25-3)22-26-21(28-33-22)16-6-4-14(10-17(16)24)12-29-9-8-18(27-29)23(30)31;/h4-11,13H,12H2,1-2H3,(H,30,31);/q;+1/p-1. The number of carboxylic acids is 1. The molecule has 4 aromatic rings. The summed E-state index contributed by atoms with van der Waals surface area (Å²) in [4.78, 5) is 18.9. The molecule has 34 heavy (non-hydrogen) atoms. The van der Waals surface area contributed by atoms with Gasteiger partial charge in [-0.1, -0.05) is 27.2 Å². The molecule has 0 saturated carbocycles. The van der Waals surface area contributed by atoms with E-state index >= 15 is 0 Å². The molecule has 0 spiro atoms. The predicted octanol–water partition coefficient (Wildman–Crippen LogP) is 1.12. The molecule has 0 unspecified atom stereocenters. The van der Waals surface area contributed by atoms with Crippen LogP contribution in [0.1, 0.15) is 29.9 Å². The summed E-state index contributed by atoms with van der Waals surface area (Å²) in [6, 6.07) is 12.1. The molecular formula is C23H17BrN5NaO4. The van der Waals surface area contributed by atoms with Gasteiger partial charge in [-0.05, 0) is 55.8 Å². The van der Waals surface area contributed by atoms with Gasteiger partial charge in [-0.3, -0.25) is 4.68 Å². The van der Waals surface area contributed by atoms with Crippen LogP contribution in [0.4, 0.5) is 5.69 Å². The molecule has 0 aliphatic rings. The maximum Gasteiger partial charge on any atom is 1.00 e. The van der Waals surface area contributed by atoms with E-state index < -0.39 is 5.97 Å². The number of aromatic carboxylic acids is 1. The van der Waals surface area contributed by atoms with Crippen LogP contribution < -0.4 is 39.4 Å². The first-order valence-corrected chi connectivity index (χ1v) is 10.7. The van der Waals surface area contributed by atoms with Crippen LogP contribution >= 0.6 is 15.9 Å². The van der Waals surface area contributed by atoms with Crippen molar-refractivity contribution in [3.05, 3.63) is 75.8 Å². The number of rotatable bonds is 7. The maximum atomic E-state index is 10.9. The molecule has 0 aliphatic heterocycles. The smallest absolute Gasteiger partial charge is 0.543 e.